The Morgan fingerprint density at radius 2 is 2.56 bits per heavy atom. The van der Waals surface area contributed by atoms with Crippen LogP contribution in [0.1, 0.15) is 14.2 Å². The molecule has 1 aliphatic rings. The Morgan fingerprint density at radius 3 is 3.31 bits per heavy atom. The van der Waals surface area contributed by atoms with Crippen LogP contribution in [0.25, 0.3) is 0 Å². The minimum absolute atomic E-state index is 0.0428. The molecule has 0 aromatic carbocycles. The summed E-state index contributed by atoms with van der Waals surface area (Å²) < 4.78 is 12.4. The second kappa shape index (κ2) is 5.07. The number of likely N-dealkylation sites (N-methyl/N-ethyl adjacent to an activating group) is 1. The highest BCUT2D eigenvalue weighted by Gasteiger charge is 2.17. The SMILES string of the molecule is [2H]c1nnc(NC2CCCN(C)C2)nc1OC. The highest BCUT2D eigenvalue weighted by atomic mass is 16.5. The largest absolute Gasteiger partial charge is 0.480 e. The predicted octanol–water partition coefficient (Wildman–Crippen LogP) is 0.386. The van der Waals surface area contributed by atoms with Crippen LogP contribution in [0.3, 0.4) is 0 Å². The molecular weight excluding hydrogens is 206 g/mol. The smallest absolute Gasteiger partial charge is 0.246 e. The first-order chi connectivity index (χ1) is 8.19. The number of ether oxygens (including phenoxy) is 1. The fraction of sp³-hybridized carbons (Fsp3) is 0.700. The van der Waals surface area contributed by atoms with Gasteiger partial charge in [0.25, 0.3) is 0 Å². The molecule has 2 rings (SSSR count). The van der Waals surface area contributed by atoms with E-state index in [1.165, 1.54) is 7.11 Å². The number of hydrogen-bond acceptors (Lipinski definition) is 6. The summed E-state index contributed by atoms with van der Waals surface area (Å²) in [5, 5.41) is 10.8. The highest BCUT2D eigenvalue weighted by Crippen LogP contribution is 2.13. The topological polar surface area (TPSA) is 63.2 Å². The van der Waals surface area contributed by atoms with E-state index in [9.17, 15) is 0 Å². The van der Waals surface area contributed by atoms with Crippen LogP contribution >= 0.6 is 0 Å². The lowest BCUT2D eigenvalue weighted by atomic mass is 10.1. The summed E-state index contributed by atoms with van der Waals surface area (Å²) in [7, 11) is 3.57. The molecule has 1 aliphatic heterocycles. The third kappa shape index (κ3) is 2.79. The molecule has 6 nitrogen and oxygen atoms in total. The molecule has 0 spiro atoms. The molecule has 1 aromatic heterocycles. The van der Waals surface area contributed by atoms with E-state index in [0.29, 0.717) is 12.0 Å². The number of rotatable bonds is 3. The number of anilines is 1. The lowest BCUT2D eigenvalue weighted by Crippen LogP contribution is -2.40. The maximum Gasteiger partial charge on any atom is 0.246 e. The first kappa shape index (κ1) is 9.77. The zero-order valence-electron chi connectivity index (χ0n) is 10.6. The van der Waals surface area contributed by atoms with Gasteiger partial charge in [0.05, 0.1) is 8.48 Å². The van der Waals surface area contributed by atoms with E-state index in [0.717, 1.165) is 25.9 Å². The van der Waals surface area contributed by atoms with Gasteiger partial charge in [-0.1, -0.05) is 0 Å². The van der Waals surface area contributed by atoms with Gasteiger partial charge in [0.1, 0.15) is 6.17 Å². The van der Waals surface area contributed by atoms with Crippen molar-refractivity contribution in [1.29, 1.82) is 0 Å². The second-order valence-electron chi connectivity index (χ2n) is 4.00. The molecule has 88 valence electrons. The van der Waals surface area contributed by atoms with Gasteiger partial charge in [-0.2, -0.15) is 4.98 Å². The van der Waals surface area contributed by atoms with Crippen LogP contribution in [0, 0.1) is 0 Å². The normalized spacial score (nSPS) is 22.6. The summed E-state index contributed by atoms with van der Waals surface area (Å²) in [4.78, 5) is 6.37. The first-order valence-corrected chi connectivity index (χ1v) is 5.39. The van der Waals surface area contributed by atoms with Crippen LogP contribution in [-0.2, 0) is 0 Å². The van der Waals surface area contributed by atoms with Gasteiger partial charge in [0.15, 0.2) is 0 Å². The van der Waals surface area contributed by atoms with Crippen LogP contribution < -0.4 is 10.1 Å². The van der Waals surface area contributed by atoms with E-state index in [1.807, 2.05) is 0 Å². The Bertz CT molecular complexity index is 389. The van der Waals surface area contributed by atoms with Gasteiger partial charge in [-0.05, 0) is 26.4 Å². The number of aromatic nitrogens is 3. The Labute approximate surface area is 96.4 Å². The lowest BCUT2D eigenvalue weighted by molar-refractivity contribution is 0.260. The molecule has 2 heterocycles. The Balaban J connectivity index is 2.02. The van der Waals surface area contributed by atoms with Gasteiger partial charge in [0, 0.05) is 12.6 Å². The maximum absolute atomic E-state index is 7.42. The first-order valence-electron chi connectivity index (χ1n) is 5.89. The Hall–Kier alpha value is -1.43. The van der Waals surface area contributed by atoms with Crippen LogP contribution in [0.4, 0.5) is 5.95 Å². The lowest BCUT2D eigenvalue weighted by Gasteiger charge is -2.29. The van der Waals surface area contributed by atoms with Crippen molar-refractivity contribution in [2.45, 2.75) is 18.9 Å². The van der Waals surface area contributed by atoms with Crippen molar-refractivity contribution in [2.75, 3.05) is 32.6 Å². The average molecular weight is 224 g/mol. The third-order valence-electron chi connectivity index (χ3n) is 2.65. The van der Waals surface area contributed by atoms with Crippen LogP contribution in [-0.4, -0.2) is 53.4 Å². The molecule has 0 aliphatic carbocycles. The van der Waals surface area contributed by atoms with E-state index in [4.69, 9.17) is 6.11 Å². The summed E-state index contributed by atoms with van der Waals surface area (Å²) >= 11 is 0. The molecular formula is C10H17N5O. The fourth-order valence-corrected chi connectivity index (χ4v) is 1.88. The van der Waals surface area contributed by atoms with Crippen molar-refractivity contribution < 1.29 is 6.11 Å². The summed E-state index contributed by atoms with van der Waals surface area (Å²) in [6, 6.07) is 0.330. The van der Waals surface area contributed by atoms with E-state index >= 15 is 0 Å². The number of piperidine rings is 1. The highest BCUT2D eigenvalue weighted by molar-refractivity contribution is 5.26. The molecule has 1 fully saturated rings. The van der Waals surface area contributed by atoms with E-state index < -0.39 is 0 Å². The fourth-order valence-electron chi connectivity index (χ4n) is 1.88. The number of likely N-dealkylation sites (tertiary alicyclic amines) is 1. The van der Waals surface area contributed by atoms with Gasteiger partial charge in [0.2, 0.25) is 11.8 Å². The van der Waals surface area contributed by atoms with Crippen LogP contribution in [0.2, 0.25) is 0 Å². The van der Waals surface area contributed by atoms with Crippen molar-refractivity contribution in [3.63, 3.8) is 0 Å². The average Bonchev–Trinajstić information content (AvgIpc) is 2.32. The van der Waals surface area contributed by atoms with Gasteiger partial charge in [-0.25, -0.2) is 0 Å². The molecule has 1 aromatic rings. The minimum atomic E-state index is -0.0428. The predicted molar refractivity (Wildman–Crippen MR) is 60.5 cm³/mol. The number of nitrogens with one attached hydrogen (secondary N) is 1. The second-order valence-corrected chi connectivity index (χ2v) is 4.00. The Kier molecular flexibility index (Phi) is 3.09. The molecule has 0 radical (unpaired) electrons. The molecule has 1 unspecified atom stereocenters. The van der Waals surface area contributed by atoms with Gasteiger partial charge < -0.3 is 15.0 Å². The summed E-state index contributed by atoms with van der Waals surface area (Å²) in [6.45, 7) is 2.10. The molecule has 16 heavy (non-hydrogen) atoms. The van der Waals surface area contributed by atoms with E-state index in [-0.39, 0.29) is 12.1 Å². The van der Waals surface area contributed by atoms with Crippen LogP contribution in [0.5, 0.6) is 5.88 Å². The third-order valence-corrected chi connectivity index (χ3v) is 2.65. The minimum Gasteiger partial charge on any atom is -0.480 e. The summed E-state index contributed by atoms with van der Waals surface area (Å²) in [5.74, 6) is 0.629. The number of hydrogen-bond donors (Lipinski definition) is 1. The number of methoxy groups -OCH3 is 1. The zero-order chi connectivity index (χ0) is 12.3. The van der Waals surface area contributed by atoms with Crippen molar-refractivity contribution in [1.82, 2.24) is 20.1 Å². The molecule has 0 saturated carbocycles. The molecule has 1 atom stereocenters. The quantitative estimate of drug-likeness (QED) is 0.801. The molecule has 0 bridgehead atoms. The summed E-state index contributed by atoms with van der Waals surface area (Å²) in [5.41, 5.74) is 0. The molecule has 6 heteroatoms. The van der Waals surface area contributed by atoms with E-state index in [1.54, 1.807) is 0 Å². The maximum atomic E-state index is 7.42. The van der Waals surface area contributed by atoms with Gasteiger partial charge in [-0.15, -0.1) is 10.2 Å². The molecule has 1 N–H and O–H groups in total. The molecule has 0 amide bonds. The van der Waals surface area contributed by atoms with E-state index in [2.05, 4.69) is 32.4 Å². The monoisotopic (exact) mass is 224 g/mol. The molecule has 1 saturated heterocycles. The van der Waals surface area contributed by atoms with Crippen molar-refractivity contribution in [2.24, 2.45) is 0 Å². The Morgan fingerprint density at radius 1 is 1.69 bits per heavy atom. The number of nitrogens with zero attached hydrogens (tertiary/aromatic N) is 4. The van der Waals surface area contributed by atoms with Crippen molar-refractivity contribution in [3.05, 3.63) is 6.17 Å². The summed E-state index contributed by atoms with van der Waals surface area (Å²) in [6.07, 6.45) is 2.22. The van der Waals surface area contributed by atoms with Crippen molar-refractivity contribution in [3.8, 4) is 5.88 Å². The van der Waals surface area contributed by atoms with Crippen LogP contribution in [0.15, 0.2) is 6.17 Å². The van der Waals surface area contributed by atoms with Gasteiger partial charge >= 0.3 is 0 Å². The van der Waals surface area contributed by atoms with Crippen molar-refractivity contribution >= 4 is 5.95 Å². The standard InChI is InChI=1S/C10H17N5O/c1-15-5-3-4-8(7-15)12-10-13-9(16-2)6-11-14-10/h6,8H,3-5,7H2,1-2H3,(H,12,13,14)/i6D. The zero-order valence-corrected chi connectivity index (χ0v) is 9.60. The van der Waals surface area contributed by atoms with Gasteiger partial charge in [-0.3, -0.25) is 0 Å².